The highest BCUT2D eigenvalue weighted by Gasteiger charge is 2.69. The van der Waals surface area contributed by atoms with Gasteiger partial charge in [0.1, 0.15) is 5.75 Å². The number of ether oxygens (including phenoxy) is 2. The minimum atomic E-state index is -0.741. The molecule has 2 amide bonds. The van der Waals surface area contributed by atoms with E-state index in [0.717, 1.165) is 22.3 Å². The van der Waals surface area contributed by atoms with E-state index in [-0.39, 0.29) is 23.8 Å². The molecule has 0 radical (unpaired) electrons. The minimum absolute atomic E-state index is 0.142. The van der Waals surface area contributed by atoms with Crippen molar-refractivity contribution in [3.05, 3.63) is 95.1 Å². The molecule has 3 aromatic rings. The molecule has 7 rings (SSSR count). The molecule has 5 nitrogen and oxygen atoms in total. The van der Waals surface area contributed by atoms with Gasteiger partial charge in [0.05, 0.1) is 36.2 Å². The summed E-state index contributed by atoms with van der Waals surface area (Å²) in [4.78, 5) is 29.5. The minimum Gasteiger partial charge on any atom is -0.497 e. The second kappa shape index (κ2) is 7.03. The summed E-state index contributed by atoms with van der Waals surface area (Å²) in [6.45, 7) is 2.02. The van der Waals surface area contributed by atoms with E-state index < -0.39 is 17.3 Å². The molecule has 3 aromatic carbocycles. The molecule has 3 atom stereocenters. The van der Waals surface area contributed by atoms with Gasteiger partial charge in [-0.25, -0.2) is 4.90 Å². The number of imide groups is 1. The van der Waals surface area contributed by atoms with Crippen molar-refractivity contribution in [3.8, 4) is 5.75 Å². The van der Waals surface area contributed by atoms with Gasteiger partial charge < -0.3 is 9.47 Å². The topological polar surface area (TPSA) is 55.8 Å². The van der Waals surface area contributed by atoms with Gasteiger partial charge in [0.25, 0.3) is 0 Å². The predicted octanol–water partition coefficient (Wildman–Crippen LogP) is 4.28. The van der Waals surface area contributed by atoms with Crippen LogP contribution in [0.5, 0.6) is 5.75 Å². The van der Waals surface area contributed by atoms with E-state index in [9.17, 15) is 9.59 Å². The summed E-state index contributed by atoms with van der Waals surface area (Å²) in [5.74, 6) is -0.781. The number of carbonyl (C=O) groups excluding carboxylic acids is 2. The third kappa shape index (κ3) is 2.35. The van der Waals surface area contributed by atoms with Crippen LogP contribution in [0.2, 0.25) is 0 Å². The number of hydrogen-bond donors (Lipinski definition) is 0. The summed E-state index contributed by atoms with van der Waals surface area (Å²) in [5, 5.41) is 0. The quantitative estimate of drug-likeness (QED) is 0.570. The number of hydrogen-bond acceptors (Lipinski definition) is 4. The number of benzene rings is 3. The van der Waals surface area contributed by atoms with Gasteiger partial charge in [0.15, 0.2) is 0 Å². The van der Waals surface area contributed by atoms with E-state index in [1.165, 1.54) is 4.90 Å². The second-order valence-corrected chi connectivity index (χ2v) is 9.11. The monoisotopic (exact) mass is 439 g/mol. The summed E-state index contributed by atoms with van der Waals surface area (Å²) >= 11 is 0. The fourth-order valence-corrected chi connectivity index (χ4v) is 6.69. The van der Waals surface area contributed by atoms with Gasteiger partial charge in [-0.2, -0.15) is 0 Å². The first-order valence-electron chi connectivity index (χ1n) is 11.3. The van der Waals surface area contributed by atoms with Crippen molar-refractivity contribution in [1.82, 2.24) is 0 Å². The molecule has 3 aliphatic carbocycles. The molecule has 33 heavy (non-hydrogen) atoms. The maximum absolute atomic E-state index is 14.2. The second-order valence-electron chi connectivity index (χ2n) is 9.11. The average Bonchev–Trinajstić information content (AvgIpc) is 3.14. The molecule has 5 heteroatoms. The number of rotatable bonds is 4. The molecule has 0 N–H and O–H groups in total. The Balaban J connectivity index is 1.63. The Morgan fingerprint density at radius 2 is 1.39 bits per heavy atom. The van der Waals surface area contributed by atoms with E-state index in [4.69, 9.17) is 9.47 Å². The Kier molecular flexibility index (Phi) is 4.30. The molecule has 0 aromatic heterocycles. The molecule has 1 aliphatic heterocycles. The van der Waals surface area contributed by atoms with Crippen molar-refractivity contribution in [2.24, 2.45) is 11.8 Å². The number of carbonyl (C=O) groups is 2. The van der Waals surface area contributed by atoms with Gasteiger partial charge in [-0.15, -0.1) is 0 Å². The lowest BCUT2D eigenvalue weighted by atomic mass is 9.46. The van der Waals surface area contributed by atoms with Gasteiger partial charge >= 0.3 is 0 Å². The van der Waals surface area contributed by atoms with Gasteiger partial charge in [-0.3, -0.25) is 9.59 Å². The molecule has 166 valence electrons. The maximum atomic E-state index is 14.2. The Hall–Kier alpha value is -3.44. The molecule has 1 heterocycles. The number of amides is 2. The molecular weight excluding hydrogens is 414 g/mol. The third-order valence-electron chi connectivity index (χ3n) is 8.01. The molecular formula is C28H25NO4. The van der Waals surface area contributed by atoms with Crippen LogP contribution in [0.3, 0.4) is 0 Å². The van der Waals surface area contributed by atoms with E-state index in [2.05, 4.69) is 24.3 Å². The van der Waals surface area contributed by atoms with Crippen molar-refractivity contribution in [2.75, 3.05) is 19.1 Å². The number of methoxy groups -OCH3 is 2. The first-order valence-corrected chi connectivity index (χ1v) is 11.3. The lowest BCUT2D eigenvalue weighted by Crippen LogP contribution is -2.59. The molecule has 2 bridgehead atoms. The van der Waals surface area contributed by atoms with Crippen LogP contribution in [0, 0.1) is 11.8 Å². The summed E-state index contributed by atoms with van der Waals surface area (Å²) in [6.07, 6.45) is -0.305. The van der Waals surface area contributed by atoms with Gasteiger partial charge in [0.2, 0.25) is 11.8 Å². The van der Waals surface area contributed by atoms with E-state index >= 15 is 0 Å². The molecule has 1 fully saturated rings. The predicted molar refractivity (Wildman–Crippen MR) is 124 cm³/mol. The smallest absolute Gasteiger partial charge is 0.239 e. The highest BCUT2D eigenvalue weighted by atomic mass is 16.5. The highest BCUT2D eigenvalue weighted by molar-refractivity contribution is 6.23. The van der Waals surface area contributed by atoms with Crippen LogP contribution >= 0.6 is 0 Å². The lowest BCUT2D eigenvalue weighted by Gasteiger charge is -2.56. The Morgan fingerprint density at radius 1 is 0.818 bits per heavy atom. The van der Waals surface area contributed by atoms with Crippen molar-refractivity contribution in [2.45, 2.75) is 24.4 Å². The lowest BCUT2D eigenvalue weighted by molar-refractivity contribution is -0.126. The molecule has 0 saturated carbocycles. The van der Waals surface area contributed by atoms with Gasteiger partial charge in [-0.05, 0) is 53.4 Å². The molecule has 0 spiro atoms. The summed E-state index contributed by atoms with van der Waals surface area (Å²) in [5.41, 5.74) is 4.28. The van der Waals surface area contributed by atoms with Crippen molar-refractivity contribution >= 4 is 17.5 Å². The van der Waals surface area contributed by atoms with Crippen molar-refractivity contribution in [1.29, 1.82) is 0 Å². The number of nitrogens with zero attached hydrogens (tertiary/aromatic N) is 1. The first-order chi connectivity index (χ1) is 16.1. The maximum Gasteiger partial charge on any atom is 0.239 e. The van der Waals surface area contributed by atoms with Crippen LogP contribution in [-0.4, -0.2) is 32.1 Å². The van der Waals surface area contributed by atoms with Crippen LogP contribution in [0.4, 0.5) is 5.69 Å². The van der Waals surface area contributed by atoms with Crippen LogP contribution in [0.15, 0.2) is 72.8 Å². The van der Waals surface area contributed by atoms with Gasteiger partial charge in [-0.1, -0.05) is 48.5 Å². The Labute approximate surface area is 192 Å². The van der Waals surface area contributed by atoms with E-state index in [0.29, 0.717) is 11.4 Å². The fraction of sp³-hybridized carbons (Fsp3) is 0.286. The summed E-state index contributed by atoms with van der Waals surface area (Å²) in [7, 11) is 3.28. The molecule has 4 aliphatic rings. The van der Waals surface area contributed by atoms with Crippen LogP contribution < -0.4 is 9.64 Å². The standard InChI is InChI=1S/C28H25NO4/c1-16(32-2)28-21-10-6-4-8-19(21)23(20-9-5-7-11-22(20)28)24-25(28)27(31)29(26(24)30)17-12-14-18(33-3)15-13-17/h4-16,23-25H,1-3H3/t16-,23?,24-,25+,28?/m1/s1. The third-order valence-corrected chi connectivity index (χ3v) is 8.01. The van der Waals surface area contributed by atoms with Crippen LogP contribution in [0.1, 0.15) is 35.1 Å². The average molecular weight is 440 g/mol. The SMILES string of the molecule is COc1ccc(N2C(=O)[C@@H]3C4c5ccccc5C([C@@H](C)OC)(c5ccccc54)[C@@H]3C2=O)cc1. The Bertz CT molecular complexity index is 1230. The molecule has 0 unspecified atom stereocenters. The number of anilines is 1. The zero-order valence-corrected chi connectivity index (χ0v) is 18.8. The summed E-state index contributed by atoms with van der Waals surface area (Å²) < 4.78 is 11.3. The Morgan fingerprint density at radius 3 is 1.94 bits per heavy atom. The summed E-state index contributed by atoms with van der Waals surface area (Å²) in [6, 6.07) is 23.6. The first kappa shape index (κ1) is 20.2. The van der Waals surface area contributed by atoms with E-state index in [1.54, 1.807) is 38.5 Å². The van der Waals surface area contributed by atoms with Crippen molar-refractivity contribution < 1.29 is 19.1 Å². The molecule has 1 saturated heterocycles. The van der Waals surface area contributed by atoms with Crippen molar-refractivity contribution in [3.63, 3.8) is 0 Å². The van der Waals surface area contributed by atoms with E-state index in [1.807, 2.05) is 31.2 Å². The van der Waals surface area contributed by atoms with Gasteiger partial charge in [0, 0.05) is 13.0 Å². The fourth-order valence-electron chi connectivity index (χ4n) is 6.69. The zero-order chi connectivity index (χ0) is 22.9. The zero-order valence-electron chi connectivity index (χ0n) is 18.8. The van der Waals surface area contributed by atoms with Crippen LogP contribution in [0.25, 0.3) is 0 Å². The van der Waals surface area contributed by atoms with Crippen LogP contribution in [-0.2, 0) is 19.7 Å². The normalized spacial score (nSPS) is 27.7. The largest absolute Gasteiger partial charge is 0.497 e. The highest BCUT2D eigenvalue weighted by Crippen LogP contribution is 2.65.